The molecule has 0 atom stereocenters. The molecule has 2 rings (SSSR count). The van der Waals surface area contributed by atoms with E-state index in [1.54, 1.807) is 17.4 Å². The van der Waals surface area contributed by atoms with E-state index in [-0.39, 0.29) is 5.82 Å². The van der Waals surface area contributed by atoms with E-state index in [0.29, 0.717) is 0 Å². The summed E-state index contributed by atoms with van der Waals surface area (Å²) in [6, 6.07) is 9.16. The van der Waals surface area contributed by atoms with Gasteiger partial charge in [0.25, 0.3) is 0 Å². The van der Waals surface area contributed by atoms with E-state index < -0.39 is 0 Å². The molecule has 18 heavy (non-hydrogen) atoms. The molecule has 0 aliphatic heterocycles. The van der Waals surface area contributed by atoms with Crippen LogP contribution in [0.2, 0.25) is 0 Å². The number of benzene rings is 1. The fourth-order valence-electron chi connectivity index (χ4n) is 1.87. The molecule has 1 aromatic carbocycles. The summed E-state index contributed by atoms with van der Waals surface area (Å²) in [5, 5.41) is 3.38. The van der Waals surface area contributed by atoms with E-state index in [9.17, 15) is 4.39 Å². The first-order chi connectivity index (χ1) is 8.70. The number of hydrogen-bond donors (Lipinski definition) is 1. The van der Waals surface area contributed by atoms with Crippen molar-refractivity contribution < 1.29 is 4.39 Å². The largest absolute Gasteiger partial charge is 0.312 e. The molecule has 3 heteroatoms. The van der Waals surface area contributed by atoms with Crippen molar-refractivity contribution >= 4 is 11.3 Å². The van der Waals surface area contributed by atoms with Crippen LogP contribution in [0.1, 0.15) is 23.8 Å². The maximum absolute atomic E-state index is 13.3. The van der Waals surface area contributed by atoms with Crippen LogP contribution in [0, 0.1) is 12.7 Å². The van der Waals surface area contributed by atoms with Crippen LogP contribution in [0.4, 0.5) is 4.39 Å². The molecule has 1 heterocycles. The minimum atomic E-state index is -0.172. The van der Waals surface area contributed by atoms with E-state index in [2.05, 4.69) is 24.4 Å². The van der Waals surface area contributed by atoms with Gasteiger partial charge in [-0.3, -0.25) is 0 Å². The Labute approximate surface area is 112 Å². The van der Waals surface area contributed by atoms with Crippen molar-refractivity contribution in [3.63, 3.8) is 0 Å². The number of aryl methyl sites for hydroxylation is 1. The lowest BCUT2D eigenvalue weighted by molar-refractivity contribution is 0.628. The molecule has 0 saturated carbocycles. The van der Waals surface area contributed by atoms with Crippen LogP contribution in [0.3, 0.4) is 0 Å². The average molecular weight is 263 g/mol. The molecule has 0 spiro atoms. The molecule has 1 aromatic heterocycles. The molecule has 0 saturated heterocycles. The summed E-state index contributed by atoms with van der Waals surface area (Å²) in [4.78, 5) is 2.43. The highest BCUT2D eigenvalue weighted by Crippen LogP contribution is 2.31. The standard InChI is InChI=1S/C15H18FNS/c1-3-8-17-10-13-6-7-15(18-13)14-9-12(16)5-4-11(14)2/h4-7,9,17H,3,8,10H2,1-2H3. The van der Waals surface area contributed by atoms with Crippen molar-refractivity contribution in [1.29, 1.82) is 0 Å². The lowest BCUT2D eigenvalue weighted by Gasteiger charge is -2.03. The highest BCUT2D eigenvalue weighted by Gasteiger charge is 2.06. The van der Waals surface area contributed by atoms with Crippen LogP contribution in [-0.2, 0) is 6.54 Å². The monoisotopic (exact) mass is 263 g/mol. The Morgan fingerprint density at radius 2 is 2.06 bits per heavy atom. The lowest BCUT2D eigenvalue weighted by atomic mass is 10.1. The summed E-state index contributed by atoms with van der Waals surface area (Å²) >= 11 is 1.73. The Hall–Kier alpha value is -1.19. The highest BCUT2D eigenvalue weighted by molar-refractivity contribution is 7.15. The van der Waals surface area contributed by atoms with Crippen LogP contribution < -0.4 is 5.32 Å². The predicted octanol–water partition coefficient (Wildman–Crippen LogP) is 4.36. The van der Waals surface area contributed by atoms with Crippen molar-refractivity contribution in [3.8, 4) is 10.4 Å². The summed E-state index contributed by atoms with van der Waals surface area (Å²) in [6.45, 7) is 6.10. The predicted molar refractivity (Wildman–Crippen MR) is 76.4 cm³/mol. The molecule has 0 aliphatic carbocycles. The van der Waals surface area contributed by atoms with Crippen molar-refractivity contribution in [2.45, 2.75) is 26.8 Å². The maximum atomic E-state index is 13.3. The van der Waals surface area contributed by atoms with Gasteiger partial charge >= 0.3 is 0 Å². The van der Waals surface area contributed by atoms with Crippen LogP contribution >= 0.6 is 11.3 Å². The average Bonchev–Trinajstić information content (AvgIpc) is 2.81. The Morgan fingerprint density at radius 1 is 1.22 bits per heavy atom. The third kappa shape index (κ3) is 3.18. The van der Waals surface area contributed by atoms with Gasteiger partial charge in [-0.1, -0.05) is 13.0 Å². The smallest absolute Gasteiger partial charge is 0.123 e. The quantitative estimate of drug-likeness (QED) is 0.790. The Kier molecular flexibility index (Phi) is 4.50. The zero-order valence-corrected chi connectivity index (χ0v) is 11.6. The summed E-state index contributed by atoms with van der Waals surface area (Å²) in [7, 11) is 0. The van der Waals surface area contributed by atoms with Gasteiger partial charge in [-0.2, -0.15) is 0 Å². The van der Waals surface area contributed by atoms with Gasteiger partial charge in [0.05, 0.1) is 0 Å². The summed E-state index contributed by atoms with van der Waals surface area (Å²) < 4.78 is 13.3. The zero-order valence-electron chi connectivity index (χ0n) is 10.8. The van der Waals surface area contributed by atoms with Gasteiger partial charge in [0.15, 0.2) is 0 Å². The first-order valence-corrected chi connectivity index (χ1v) is 7.08. The number of nitrogens with one attached hydrogen (secondary N) is 1. The first kappa shape index (κ1) is 13.2. The van der Waals surface area contributed by atoms with Gasteiger partial charge in [0, 0.05) is 16.3 Å². The van der Waals surface area contributed by atoms with E-state index in [1.165, 1.54) is 10.9 Å². The van der Waals surface area contributed by atoms with E-state index in [4.69, 9.17) is 0 Å². The molecule has 0 bridgehead atoms. The molecule has 96 valence electrons. The summed E-state index contributed by atoms with van der Waals surface area (Å²) in [6.07, 6.45) is 1.14. The normalized spacial score (nSPS) is 10.8. The zero-order chi connectivity index (χ0) is 13.0. The third-order valence-electron chi connectivity index (χ3n) is 2.85. The summed E-state index contributed by atoms with van der Waals surface area (Å²) in [5.74, 6) is -0.172. The van der Waals surface area contributed by atoms with Crippen molar-refractivity contribution in [1.82, 2.24) is 5.32 Å². The second-order valence-corrected chi connectivity index (χ2v) is 5.57. The highest BCUT2D eigenvalue weighted by atomic mass is 32.1. The molecular formula is C15H18FNS. The first-order valence-electron chi connectivity index (χ1n) is 6.26. The molecular weight excluding hydrogens is 245 g/mol. The van der Waals surface area contributed by atoms with Crippen molar-refractivity contribution in [3.05, 3.63) is 46.6 Å². The second-order valence-electron chi connectivity index (χ2n) is 4.40. The topological polar surface area (TPSA) is 12.0 Å². The molecule has 0 amide bonds. The minimum Gasteiger partial charge on any atom is -0.312 e. The molecule has 0 fully saturated rings. The number of hydrogen-bond acceptors (Lipinski definition) is 2. The Balaban J connectivity index is 2.16. The van der Waals surface area contributed by atoms with Crippen LogP contribution in [0.15, 0.2) is 30.3 Å². The van der Waals surface area contributed by atoms with Gasteiger partial charge in [-0.15, -0.1) is 11.3 Å². The molecule has 0 aliphatic rings. The van der Waals surface area contributed by atoms with Crippen LogP contribution in [0.5, 0.6) is 0 Å². The molecule has 0 radical (unpaired) electrons. The molecule has 1 nitrogen and oxygen atoms in total. The van der Waals surface area contributed by atoms with Gasteiger partial charge < -0.3 is 5.32 Å². The number of thiophene rings is 1. The van der Waals surface area contributed by atoms with Crippen molar-refractivity contribution in [2.24, 2.45) is 0 Å². The molecule has 0 unspecified atom stereocenters. The van der Waals surface area contributed by atoms with E-state index in [0.717, 1.165) is 35.5 Å². The van der Waals surface area contributed by atoms with Crippen LogP contribution in [-0.4, -0.2) is 6.54 Å². The third-order valence-corrected chi connectivity index (χ3v) is 3.97. The maximum Gasteiger partial charge on any atom is 0.123 e. The van der Waals surface area contributed by atoms with Gasteiger partial charge in [-0.25, -0.2) is 4.39 Å². The number of halogens is 1. The fraction of sp³-hybridized carbons (Fsp3) is 0.333. The van der Waals surface area contributed by atoms with Crippen LogP contribution in [0.25, 0.3) is 10.4 Å². The van der Waals surface area contributed by atoms with Crippen molar-refractivity contribution in [2.75, 3.05) is 6.54 Å². The Bertz CT molecular complexity index is 519. The van der Waals surface area contributed by atoms with E-state index in [1.807, 2.05) is 13.0 Å². The van der Waals surface area contributed by atoms with E-state index >= 15 is 0 Å². The molecule has 1 N–H and O–H groups in total. The second kappa shape index (κ2) is 6.12. The fourth-order valence-corrected chi connectivity index (χ4v) is 2.92. The minimum absolute atomic E-state index is 0.172. The molecule has 2 aromatic rings. The van der Waals surface area contributed by atoms with Gasteiger partial charge in [-0.05, 0) is 55.3 Å². The Morgan fingerprint density at radius 3 is 2.83 bits per heavy atom. The van der Waals surface area contributed by atoms with Gasteiger partial charge in [0.2, 0.25) is 0 Å². The summed E-state index contributed by atoms with van der Waals surface area (Å²) in [5.41, 5.74) is 2.12. The lowest BCUT2D eigenvalue weighted by Crippen LogP contribution is -2.12. The SMILES string of the molecule is CCCNCc1ccc(-c2cc(F)ccc2C)s1. The van der Waals surface area contributed by atoms with Gasteiger partial charge in [0.1, 0.15) is 5.82 Å². The number of rotatable bonds is 5.